The van der Waals surface area contributed by atoms with Crippen LogP contribution in [0.2, 0.25) is 0 Å². The summed E-state index contributed by atoms with van der Waals surface area (Å²) in [6.45, 7) is 7.42. The summed E-state index contributed by atoms with van der Waals surface area (Å²) in [6, 6.07) is 8.18. The minimum atomic E-state index is -0.0861. The zero-order valence-corrected chi connectivity index (χ0v) is 16.5. The molecule has 0 fully saturated rings. The van der Waals surface area contributed by atoms with Crippen molar-refractivity contribution in [3.8, 4) is 5.69 Å². The van der Waals surface area contributed by atoms with Crippen LogP contribution in [0, 0.1) is 19.3 Å². The molecule has 0 N–H and O–H groups in total. The second-order valence-corrected chi connectivity index (χ2v) is 7.51. The van der Waals surface area contributed by atoms with E-state index < -0.39 is 0 Å². The maximum Gasteiger partial charge on any atom is 0.258 e. The molecule has 0 atom stereocenters. The summed E-state index contributed by atoms with van der Waals surface area (Å²) in [6.07, 6.45) is 2.61. The van der Waals surface area contributed by atoms with Gasteiger partial charge in [-0.05, 0) is 55.9 Å². The number of fused-ring (bicyclic) bond motifs is 1. The van der Waals surface area contributed by atoms with E-state index in [4.69, 9.17) is 9.47 Å². The van der Waals surface area contributed by atoms with Crippen molar-refractivity contribution in [2.75, 3.05) is 27.4 Å². The Hall–Kier alpha value is -1.91. The Morgan fingerprint density at radius 1 is 1.04 bits per heavy atom. The van der Waals surface area contributed by atoms with Crippen LogP contribution >= 0.6 is 0 Å². The predicted molar refractivity (Wildman–Crippen MR) is 104 cm³/mol. The van der Waals surface area contributed by atoms with Gasteiger partial charge < -0.3 is 9.47 Å². The minimum absolute atomic E-state index is 0.0861. The van der Waals surface area contributed by atoms with E-state index in [1.54, 1.807) is 14.2 Å². The Labute approximate surface area is 155 Å². The smallest absolute Gasteiger partial charge is 0.258 e. The number of para-hydroxylation sites is 1. The molecule has 140 valence electrons. The maximum atomic E-state index is 13.2. The third-order valence-electron chi connectivity index (χ3n) is 5.73. The Kier molecular flexibility index (Phi) is 5.35. The highest BCUT2D eigenvalue weighted by atomic mass is 16.5. The number of aromatic nitrogens is 1. The number of pyridine rings is 1. The summed E-state index contributed by atoms with van der Waals surface area (Å²) in [7, 11) is 3.47. The van der Waals surface area contributed by atoms with Crippen LogP contribution in [0.3, 0.4) is 0 Å². The van der Waals surface area contributed by atoms with E-state index in [2.05, 4.69) is 19.9 Å². The molecule has 0 radical (unpaired) electrons. The van der Waals surface area contributed by atoms with E-state index in [0.717, 1.165) is 36.2 Å². The quantitative estimate of drug-likeness (QED) is 0.797. The summed E-state index contributed by atoms with van der Waals surface area (Å²) in [5.74, 6) is 0. The molecule has 0 spiro atoms. The largest absolute Gasteiger partial charge is 0.384 e. The molecule has 0 saturated heterocycles. The van der Waals surface area contributed by atoms with Crippen molar-refractivity contribution < 1.29 is 9.47 Å². The van der Waals surface area contributed by atoms with Crippen LogP contribution in [0.1, 0.15) is 34.9 Å². The molecule has 26 heavy (non-hydrogen) atoms. The van der Waals surface area contributed by atoms with Gasteiger partial charge in [0.25, 0.3) is 5.56 Å². The first-order chi connectivity index (χ1) is 12.5. The highest BCUT2D eigenvalue weighted by Crippen LogP contribution is 2.40. The second kappa shape index (κ2) is 7.37. The van der Waals surface area contributed by atoms with E-state index in [1.807, 2.05) is 29.7 Å². The minimum Gasteiger partial charge on any atom is -0.384 e. The Morgan fingerprint density at radius 3 is 2.27 bits per heavy atom. The molecule has 0 amide bonds. The molecule has 1 heterocycles. The lowest BCUT2D eigenvalue weighted by molar-refractivity contribution is 0.0167. The Morgan fingerprint density at radius 2 is 1.65 bits per heavy atom. The lowest BCUT2D eigenvalue weighted by atomic mass is 9.86. The van der Waals surface area contributed by atoms with E-state index in [1.165, 1.54) is 16.7 Å². The van der Waals surface area contributed by atoms with E-state index in [-0.39, 0.29) is 11.0 Å². The summed E-state index contributed by atoms with van der Waals surface area (Å²) < 4.78 is 12.9. The average molecular weight is 355 g/mol. The molecule has 4 heteroatoms. The molecule has 0 saturated carbocycles. The van der Waals surface area contributed by atoms with E-state index >= 15 is 0 Å². The number of aryl methyl sites for hydroxylation is 1. The molecule has 0 bridgehead atoms. The molecule has 1 aliphatic rings. The van der Waals surface area contributed by atoms with Crippen LogP contribution in [0.25, 0.3) is 5.69 Å². The van der Waals surface area contributed by atoms with Gasteiger partial charge in [0.15, 0.2) is 0 Å². The van der Waals surface area contributed by atoms with Crippen LogP contribution in [-0.2, 0) is 28.7 Å². The van der Waals surface area contributed by atoms with Crippen molar-refractivity contribution in [1.29, 1.82) is 0 Å². The molecule has 1 aromatic carbocycles. The van der Waals surface area contributed by atoms with E-state index in [9.17, 15) is 4.79 Å². The average Bonchev–Trinajstić information content (AvgIpc) is 3.01. The molecular weight excluding hydrogens is 326 g/mol. The standard InChI is InChI=1S/C22H29NO3/c1-6-17-9-7-8-10-20(17)23-16(3)19-12-22(13-25-4,14-26-5)11-18(19)15(2)21(23)24/h7-10H,6,11-14H2,1-5H3. The first-order valence-electron chi connectivity index (χ1n) is 9.28. The topological polar surface area (TPSA) is 40.5 Å². The van der Waals surface area contributed by atoms with Gasteiger partial charge in [0.1, 0.15) is 0 Å². The lowest BCUT2D eigenvalue weighted by Gasteiger charge is -2.27. The number of hydrogen-bond donors (Lipinski definition) is 0. The van der Waals surface area contributed by atoms with Gasteiger partial charge in [0.2, 0.25) is 0 Å². The van der Waals surface area contributed by atoms with Crippen molar-refractivity contribution >= 4 is 0 Å². The van der Waals surface area contributed by atoms with Crippen molar-refractivity contribution in [1.82, 2.24) is 4.57 Å². The van der Waals surface area contributed by atoms with Gasteiger partial charge in [-0.2, -0.15) is 0 Å². The summed E-state index contributed by atoms with van der Waals surface area (Å²) >= 11 is 0. The number of rotatable bonds is 6. The predicted octanol–water partition coefficient (Wildman–Crippen LogP) is 3.39. The molecule has 1 aliphatic carbocycles. The zero-order valence-electron chi connectivity index (χ0n) is 16.5. The fraction of sp³-hybridized carbons (Fsp3) is 0.500. The van der Waals surface area contributed by atoms with Crippen LogP contribution < -0.4 is 5.56 Å². The molecule has 2 aromatic rings. The maximum absolute atomic E-state index is 13.2. The van der Waals surface area contributed by atoms with Crippen LogP contribution in [-0.4, -0.2) is 32.0 Å². The molecular formula is C22H29NO3. The summed E-state index contributed by atoms with van der Waals surface area (Å²) in [5.41, 5.74) is 6.56. The summed E-state index contributed by atoms with van der Waals surface area (Å²) in [5, 5.41) is 0. The number of nitrogens with zero attached hydrogens (tertiary/aromatic N) is 1. The number of methoxy groups -OCH3 is 2. The number of hydrogen-bond acceptors (Lipinski definition) is 3. The Balaban J connectivity index is 2.20. The molecule has 0 unspecified atom stereocenters. The van der Waals surface area contributed by atoms with Crippen LogP contribution in [0.5, 0.6) is 0 Å². The molecule has 1 aromatic heterocycles. The highest BCUT2D eigenvalue weighted by Gasteiger charge is 2.40. The van der Waals surface area contributed by atoms with Gasteiger partial charge in [-0.25, -0.2) is 0 Å². The van der Waals surface area contributed by atoms with Gasteiger partial charge in [0.05, 0.1) is 18.9 Å². The third-order valence-corrected chi connectivity index (χ3v) is 5.73. The van der Waals surface area contributed by atoms with Gasteiger partial charge in [-0.3, -0.25) is 9.36 Å². The normalized spacial score (nSPS) is 15.3. The third kappa shape index (κ3) is 3.01. The monoisotopic (exact) mass is 355 g/mol. The second-order valence-electron chi connectivity index (χ2n) is 7.51. The fourth-order valence-corrected chi connectivity index (χ4v) is 4.49. The van der Waals surface area contributed by atoms with Crippen molar-refractivity contribution in [3.63, 3.8) is 0 Å². The lowest BCUT2D eigenvalue weighted by Crippen LogP contribution is -2.32. The number of ether oxygens (including phenoxy) is 2. The molecule has 3 rings (SSSR count). The SMILES string of the molecule is CCc1ccccc1-n1c(C)c2c(c(C)c1=O)CC(COC)(COC)C2. The molecule has 4 nitrogen and oxygen atoms in total. The zero-order chi connectivity index (χ0) is 18.9. The van der Waals surface area contributed by atoms with Crippen LogP contribution in [0.4, 0.5) is 0 Å². The van der Waals surface area contributed by atoms with Gasteiger partial charge >= 0.3 is 0 Å². The van der Waals surface area contributed by atoms with Crippen molar-refractivity contribution in [2.45, 2.75) is 40.0 Å². The first kappa shape index (κ1) is 18.9. The van der Waals surface area contributed by atoms with E-state index in [0.29, 0.717) is 13.2 Å². The van der Waals surface area contributed by atoms with Crippen molar-refractivity contribution in [2.24, 2.45) is 5.41 Å². The Bertz CT molecular complexity index is 860. The van der Waals surface area contributed by atoms with Crippen molar-refractivity contribution in [3.05, 3.63) is 62.6 Å². The highest BCUT2D eigenvalue weighted by molar-refractivity contribution is 5.49. The number of benzene rings is 1. The van der Waals surface area contributed by atoms with Gasteiger partial charge in [0, 0.05) is 30.9 Å². The van der Waals surface area contributed by atoms with Crippen LogP contribution in [0.15, 0.2) is 29.1 Å². The molecule has 0 aliphatic heterocycles. The first-order valence-corrected chi connectivity index (χ1v) is 9.28. The van der Waals surface area contributed by atoms with Gasteiger partial charge in [-0.15, -0.1) is 0 Å². The fourth-order valence-electron chi connectivity index (χ4n) is 4.49. The summed E-state index contributed by atoms with van der Waals surface area (Å²) in [4.78, 5) is 13.2. The van der Waals surface area contributed by atoms with Gasteiger partial charge in [-0.1, -0.05) is 25.1 Å².